The minimum atomic E-state index is -0.727. The van der Waals surface area contributed by atoms with Gasteiger partial charge in [-0.05, 0) is 53.9 Å². The van der Waals surface area contributed by atoms with Gasteiger partial charge in [0.2, 0.25) is 0 Å². The molecule has 2 aliphatic heterocycles. The molecule has 41 heavy (non-hydrogen) atoms. The number of rotatable bonds is 11. The average Bonchev–Trinajstić information content (AvgIpc) is 3.28. The monoisotopic (exact) mass is 556 g/mol. The first kappa shape index (κ1) is 28.4. The maximum absolute atomic E-state index is 13.4. The fourth-order valence-electron chi connectivity index (χ4n) is 5.10. The standard InChI is InChI=1S/C33H36N2O6/c1-2-20-40-27-14-10-26(11-15-27)31(36)29-30(35(33(38)32(29)37)17-16-34-18-21-39-22-19-34)25-8-12-28(13-9-25)41-23-24-6-4-3-5-7-24/h3-15,30,36H,2,16-23H2,1H3. The van der Waals surface area contributed by atoms with E-state index in [1.165, 1.54) is 0 Å². The van der Waals surface area contributed by atoms with Gasteiger partial charge in [0.1, 0.15) is 23.9 Å². The van der Waals surface area contributed by atoms with Crippen molar-refractivity contribution in [3.05, 3.63) is 101 Å². The van der Waals surface area contributed by atoms with E-state index in [-0.39, 0.29) is 11.3 Å². The van der Waals surface area contributed by atoms with Crippen LogP contribution in [-0.2, 0) is 20.9 Å². The van der Waals surface area contributed by atoms with Gasteiger partial charge in [-0.1, -0.05) is 49.4 Å². The van der Waals surface area contributed by atoms with Crippen LogP contribution in [0.4, 0.5) is 0 Å². The summed E-state index contributed by atoms with van der Waals surface area (Å²) >= 11 is 0. The van der Waals surface area contributed by atoms with Crippen molar-refractivity contribution in [2.75, 3.05) is 46.0 Å². The fourth-order valence-corrected chi connectivity index (χ4v) is 5.10. The summed E-state index contributed by atoms with van der Waals surface area (Å²) in [6.07, 6.45) is 0.881. The lowest BCUT2D eigenvalue weighted by Crippen LogP contribution is -2.42. The highest BCUT2D eigenvalue weighted by Gasteiger charge is 2.46. The highest BCUT2D eigenvalue weighted by molar-refractivity contribution is 6.46. The molecule has 2 fully saturated rings. The molecule has 0 bridgehead atoms. The number of aliphatic hydroxyl groups is 1. The molecule has 2 aliphatic rings. The van der Waals surface area contributed by atoms with Gasteiger partial charge in [0, 0.05) is 31.7 Å². The molecule has 3 aromatic rings. The summed E-state index contributed by atoms with van der Waals surface area (Å²) in [4.78, 5) is 30.5. The van der Waals surface area contributed by atoms with E-state index in [2.05, 4.69) is 4.90 Å². The predicted molar refractivity (Wildman–Crippen MR) is 156 cm³/mol. The van der Waals surface area contributed by atoms with E-state index < -0.39 is 17.7 Å². The van der Waals surface area contributed by atoms with Crippen LogP contribution in [-0.4, -0.2) is 72.6 Å². The SMILES string of the molecule is CCCOc1ccc(C(O)=C2C(=O)C(=O)N(CCN3CCOCC3)C2c2ccc(OCc3ccccc3)cc2)cc1. The molecule has 3 aromatic carbocycles. The molecule has 8 nitrogen and oxygen atoms in total. The maximum atomic E-state index is 13.4. The second kappa shape index (κ2) is 13.5. The summed E-state index contributed by atoms with van der Waals surface area (Å²) in [5.74, 6) is -0.154. The molecule has 0 spiro atoms. The Bertz CT molecular complexity index is 1350. The first-order valence-corrected chi connectivity index (χ1v) is 14.1. The summed E-state index contributed by atoms with van der Waals surface area (Å²) in [5, 5.41) is 11.4. The van der Waals surface area contributed by atoms with E-state index in [0.717, 1.165) is 30.6 Å². The zero-order chi connectivity index (χ0) is 28.6. The summed E-state index contributed by atoms with van der Waals surface area (Å²) in [6, 6.07) is 23.5. The molecule has 2 saturated heterocycles. The third-order valence-electron chi connectivity index (χ3n) is 7.35. The summed E-state index contributed by atoms with van der Waals surface area (Å²) in [5.41, 5.74) is 2.31. The number of carbonyl (C=O) groups excluding carboxylic acids is 2. The van der Waals surface area contributed by atoms with Gasteiger partial charge in [-0.2, -0.15) is 0 Å². The number of Topliss-reactive ketones (excluding diaryl/α,β-unsaturated/α-hetero) is 1. The van der Waals surface area contributed by atoms with Crippen LogP contribution in [0.1, 0.15) is 36.1 Å². The van der Waals surface area contributed by atoms with Gasteiger partial charge in [-0.25, -0.2) is 0 Å². The second-order valence-corrected chi connectivity index (χ2v) is 10.2. The Balaban J connectivity index is 1.43. The van der Waals surface area contributed by atoms with Gasteiger partial charge in [-0.15, -0.1) is 0 Å². The third kappa shape index (κ3) is 6.78. The second-order valence-electron chi connectivity index (χ2n) is 10.2. The first-order chi connectivity index (χ1) is 20.0. The summed E-state index contributed by atoms with van der Waals surface area (Å²) < 4.78 is 17.1. The van der Waals surface area contributed by atoms with Gasteiger partial charge >= 0.3 is 0 Å². The van der Waals surface area contributed by atoms with Gasteiger partial charge in [-0.3, -0.25) is 14.5 Å². The number of nitrogens with zero attached hydrogens (tertiary/aromatic N) is 2. The van der Waals surface area contributed by atoms with Gasteiger partial charge < -0.3 is 24.2 Å². The van der Waals surface area contributed by atoms with Crippen molar-refractivity contribution in [3.63, 3.8) is 0 Å². The number of ether oxygens (including phenoxy) is 3. The predicted octanol–water partition coefficient (Wildman–Crippen LogP) is 4.81. The van der Waals surface area contributed by atoms with Gasteiger partial charge in [0.25, 0.3) is 11.7 Å². The van der Waals surface area contributed by atoms with E-state index in [9.17, 15) is 14.7 Å². The van der Waals surface area contributed by atoms with E-state index in [1.807, 2.05) is 61.5 Å². The van der Waals surface area contributed by atoms with E-state index in [4.69, 9.17) is 14.2 Å². The molecule has 5 rings (SSSR count). The number of ketones is 1. The zero-order valence-electron chi connectivity index (χ0n) is 23.3. The number of amides is 1. The minimum Gasteiger partial charge on any atom is -0.507 e. The molecule has 2 heterocycles. The van der Waals surface area contributed by atoms with Crippen LogP contribution in [0.25, 0.3) is 5.76 Å². The molecule has 1 N–H and O–H groups in total. The van der Waals surface area contributed by atoms with Crippen LogP contribution in [0.3, 0.4) is 0 Å². The fraction of sp³-hybridized carbons (Fsp3) is 0.333. The van der Waals surface area contributed by atoms with E-state index in [1.54, 1.807) is 29.2 Å². The number of morpholine rings is 1. The average molecular weight is 557 g/mol. The number of benzene rings is 3. The largest absolute Gasteiger partial charge is 0.507 e. The molecule has 214 valence electrons. The Morgan fingerprint density at radius 2 is 1.54 bits per heavy atom. The van der Waals surface area contributed by atoms with Crippen molar-refractivity contribution in [3.8, 4) is 11.5 Å². The molecular weight excluding hydrogens is 520 g/mol. The molecule has 1 unspecified atom stereocenters. The smallest absolute Gasteiger partial charge is 0.295 e. The van der Waals surface area contributed by atoms with E-state index in [0.29, 0.717) is 56.6 Å². The number of aliphatic hydroxyl groups excluding tert-OH is 1. The molecular formula is C33H36N2O6. The number of hydrogen-bond donors (Lipinski definition) is 1. The molecule has 0 aromatic heterocycles. The van der Waals surface area contributed by atoms with Crippen molar-refractivity contribution < 1.29 is 28.9 Å². The Morgan fingerprint density at radius 3 is 2.22 bits per heavy atom. The number of carbonyl (C=O) groups is 2. The number of likely N-dealkylation sites (tertiary alicyclic amines) is 1. The van der Waals surface area contributed by atoms with Crippen LogP contribution < -0.4 is 9.47 Å². The zero-order valence-corrected chi connectivity index (χ0v) is 23.3. The quantitative estimate of drug-likeness (QED) is 0.206. The van der Waals surface area contributed by atoms with Crippen molar-refractivity contribution in [2.24, 2.45) is 0 Å². The Labute approximate surface area is 240 Å². The highest BCUT2D eigenvalue weighted by Crippen LogP contribution is 2.40. The lowest BCUT2D eigenvalue weighted by Gasteiger charge is -2.31. The normalized spacial score (nSPS) is 19.0. The third-order valence-corrected chi connectivity index (χ3v) is 7.35. The van der Waals surface area contributed by atoms with Crippen LogP contribution >= 0.6 is 0 Å². The molecule has 0 saturated carbocycles. The minimum absolute atomic E-state index is 0.0807. The maximum Gasteiger partial charge on any atom is 0.295 e. The molecule has 1 atom stereocenters. The summed E-state index contributed by atoms with van der Waals surface area (Å²) in [7, 11) is 0. The molecule has 8 heteroatoms. The Hall–Kier alpha value is -4.14. The van der Waals surface area contributed by atoms with Gasteiger partial charge in [0.05, 0.1) is 31.4 Å². The van der Waals surface area contributed by atoms with Crippen LogP contribution in [0, 0.1) is 0 Å². The van der Waals surface area contributed by atoms with Crippen LogP contribution in [0.15, 0.2) is 84.4 Å². The van der Waals surface area contributed by atoms with Crippen molar-refractivity contribution >= 4 is 17.4 Å². The Kier molecular flexibility index (Phi) is 9.33. The van der Waals surface area contributed by atoms with Crippen LogP contribution in [0.5, 0.6) is 11.5 Å². The molecule has 0 aliphatic carbocycles. The number of hydrogen-bond acceptors (Lipinski definition) is 7. The Morgan fingerprint density at radius 1 is 0.878 bits per heavy atom. The lowest BCUT2D eigenvalue weighted by molar-refractivity contribution is -0.140. The van der Waals surface area contributed by atoms with E-state index >= 15 is 0 Å². The summed E-state index contributed by atoms with van der Waals surface area (Å²) in [6.45, 7) is 6.83. The van der Waals surface area contributed by atoms with Crippen molar-refractivity contribution in [1.82, 2.24) is 9.80 Å². The molecule has 0 radical (unpaired) electrons. The lowest BCUT2D eigenvalue weighted by atomic mass is 9.95. The van der Waals surface area contributed by atoms with Crippen LogP contribution in [0.2, 0.25) is 0 Å². The van der Waals surface area contributed by atoms with Gasteiger partial charge in [0.15, 0.2) is 0 Å². The first-order valence-electron chi connectivity index (χ1n) is 14.1. The molecule has 1 amide bonds. The topological polar surface area (TPSA) is 88.5 Å². The van der Waals surface area contributed by atoms with Crippen molar-refractivity contribution in [1.29, 1.82) is 0 Å². The van der Waals surface area contributed by atoms with Crippen molar-refractivity contribution in [2.45, 2.75) is 26.0 Å². The highest BCUT2D eigenvalue weighted by atomic mass is 16.5.